The molecule has 0 bridgehead atoms. The predicted octanol–water partition coefficient (Wildman–Crippen LogP) is 3.26. The van der Waals surface area contributed by atoms with Gasteiger partial charge in [-0.3, -0.25) is 9.78 Å². The summed E-state index contributed by atoms with van der Waals surface area (Å²) in [6.07, 6.45) is 5.48. The molecule has 0 radical (unpaired) electrons. The number of carbonyl (C=O) groups excluding carboxylic acids is 1. The second-order valence-electron chi connectivity index (χ2n) is 5.85. The normalized spacial score (nSPS) is 17.0. The van der Waals surface area contributed by atoms with Crippen LogP contribution in [0.1, 0.15) is 28.8 Å². The van der Waals surface area contributed by atoms with Crippen LogP contribution in [0.2, 0.25) is 5.02 Å². The first-order chi connectivity index (χ1) is 11.6. The van der Waals surface area contributed by atoms with Gasteiger partial charge in [0.05, 0.1) is 11.1 Å². The fourth-order valence-electron chi connectivity index (χ4n) is 2.79. The molecule has 2 heterocycles. The molecule has 126 valence electrons. The summed E-state index contributed by atoms with van der Waals surface area (Å²) in [6, 6.07) is 8.29. The van der Waals surface area contributed by atoms with Gasteiger partial charge in [-0.25, -0.2) is 0 Å². The number of nitrogens with zero attached hydrogens (tertiary/aromatic N) is 2. The molecule has 1 saturated heterocycles. The monoisotopic (exact) mass is 346 g/mol. The number of amides is 1. The van der Waals surface area contributed by atoms with Gasteiger partial charge in [-0.2, -0.15) is 0 Å². The van der Waals surface area contributed by atoms with Crippen LogP contribution in [0.4, 0.5) is 0 Å². The zero-order chi connectivity index (χ0) is 16.9. The highest BCUT2D eigenvalue weighted by molar-refractivity contribution is 6.32. The number of phenolic OH excluding ortho intramolecular Hbond substituents is 1. The van der Waals surface area contributed by atoms with Crippen LogP contribution in [0.25, 0.3) is 0 Å². The van der Waals surface area contributed by atoms with Crippen molar-refractivity contribution in [3.63, 3.8) is 0 Å². The van der Waals surface area contributed by atoms with Crippen LogP contribution in [-0.4, -0.2) is 40.2 Å². The number of benzene rings is 1. The second-order valence-corrected chi connectivity index (χ2v) is 6.26. The highest BCUT2D eigenvalue weighted by Gasteiger charge is 2.24. The summed E-state index contributed by atoms with van der Waals surface area (Å²) in [7, 11) is 0. The molecule has 1 aromatic heterocycles. The Balaban J connectivity index is 1.81. The minimum Gasteiger partial charge on any atom is -0.506 e. The molecule has 6 heteroatoms. The third kappa shape index (κ3) is 4.04. The van der Waals surface area contributed by atoms with Crippen LogP contribution < -0.4 is 0 Å². The average molecular weight is 347 g/mol. The topological polar surface area (TPSA) is 62.7 Å². The molecular weight excluding hydrogens is 328 g/mol. The number of pyridine rings is 1. The first kappa shape index (κ1) is 16.7. The van der Waals surface area contributed by atoms with Crippen molar-refractivity contribution >= 4 is 17.5 Å². The molecule has 0 spiro atoms. The number of carbonyl (C=O) groups is 1. The highest BCUT2D eigenvalue weighted by Crippen LogP contribution is 2.25. The Morgan fingerprint density at radius 2 is 2.29 bits per heavy atom. The van der Waals surface area contributed by atoms with Gasteiger partial charge in [0.2, 0.25) is 0 Å². The molecule has 1 aromatic carbocycles. The van der Waals surface area contributed by atoms with Crippen molar-refractivity contribution in [2.45, 2.75) is 25.5 Å². The number of phenols is 1. The van der Waals surface area contributed by atoms with Crippen molar-refractivity contribution in [1.82, 2.24) is 9.88 Å². The van der Waals surface area contributed by atoms with Gasteiger partial charge >= 0.3 is 0 Å². The first-order valence-corrected chi connectivity index (χ1v) is 8.29. The third-order valence-electron chi connectivity index (χ3n) is 4.03. The maximum atomic E-state index is 12.9. The van der Waals surface area contributed by atoms with Crippen molar-refractivity contribution in [1.29, 1.82) is 0 Å². The van der Waals surface area contributed by atoms with Crippen molar-refractivity contribution in [2.24, 2.45) is 0 Å². The summed E-state index contributed by atoms with van der Waals surface area (Å²) >= 11 is 5.94. The summed E-state index contributed by atoms with van der Waals surface area (Å²) in [5.74, 6) is -0.178. The van der Waals surface area contributed by atoms with Gasteiger partial charge in [-0.15, -0.1) is 0 Å². The fraction of sp³-hybridized carbons (Fsp3) is 0.333. The highest BCUT2D eigenvalue weighted by atomic mass is 35.5. The van der Waals surface area contributed by atoms with Crippen LogP contribution in [0.3, 0.4) is 0 Å². The van der Waals surface area contributed by atoms with Gasteiger partial charge in [-0.05, 0) is 42.7 Å². The predicted molar refractivity (Wildman–Crippen MR) is 91.1 cm³/mol. The summed E-state index contributed by atoms with van der Waals surface area (Å²) < 4.78 is 5.67. The Hall–Kier alpha value is -2.11. The van der Waals surface area contributed by atoms with E-state index in [1.165, 1.54) is 12.1 Å². The quantitative estimate of drug-likeness (QED) is 0.902. The van der Waals surface area contributed by atoms with Gasteiger partial charge in [0, 0.05) is 37.7 Å². The number of aromatic nitrogens is 1. The smallest absolute Gasteiger partial charge is 0.254 e. The minimum atomic E-state index is -0.142. The second kappa shape index (κ2) is 7.64. The molecule has 1 N–H and O–H groups in total. The first-order valence-electron chi connectivity index (χ1n) is 7.92. The van der Waals surface area contributed by atoms with Gasteiger partial charge in [0.1, 0.15) is 5.75 Å². The molecular formula is C18H19ClN2O3. The third-order valence-corrected chi connectivity index (χ3v) is 4.33. The average Bonchev–Trinajstić information content (AvgIpc) is 3.10. The van der Waals surface area contributed by atoms with E-state index in [0.29, 0.717) is 18.7 Å². The maximum Gasteiger partial charge on any atom is 0.254 e. The van der Waals surface area contributed by atoms with Crippen molar-refractivity contribution in [3.05, 3.63) is 58.9 Å². The van der Waals surface area contributed by atoms with Gasteiger partial charge in [0.15, 0.2) is 0 Å². The summed E-state index contributed by atoms with van der Waals surface area (Å²) in [6.45, 7) is 1.71. The molecule has 1 fully saturated rings. The fourth-order valence-corrected chi connectivity index (χ4v) is 2.97. The molecule has 24 heavy (non-hydrogen) atoms. The van der Waals surface area contributed by atoms with Crippen LogP contribution in [-0.2, 0) is 11.3 Å². The zero-order valence-corrected chi connectivity index (χ0v) is 13.9. The van der Waals surface area contributed by atoms with E-state index >= 15 is 0 Å². The van der Waals surface area contributed by atoms with Crippen LogP contribution in [0.5, 0.6) is 5.75 Å². The molecule has 5 nitrogen and oxygen atoms in total. The van der Waals surface area contributed by atoms with E-state index in [4.69, 9.17) is 16.3 Å². The van der Waals surface area contributed by atoms with E-state index in [-0.39, 0.29) is 22.8 Å². The summed E-state index contributed by atoms with van der Waals surface area (Å²) in [4.78, 5) is 18.8. The number of ether oxygens (including phenoxy) is 1. The number of rotatable bonds is 5. The number of aromatic hydroxyl groups is 1. The van der Waals surface area contributed by atoms with E-state index < -0.39 is 0 Å². The summed E-state index contributed by atoms with van der Waals surface area (Å²) in [5.41, 5.74) is 1.40. The minimum absolute atomic E-state index is 0.0360. The lowest BCUT2D eigenvalue weighted by Crippen LogP contribution is -2.37. The number of hydrogen-bond donors (Lipinski definition) is 1. The Morgan fingerprint density at radius 3 is 2.96 bits per heavy atom. The molecule has 1 aliphatic rings. The van der Waals surface area contributed by atoms with Crippen molar-refractivity contribution < 1.29 is 14.6 Å². The van der Waals surface area contributed by atoms with Gasteiger partial charge in [0.25, 0.3) is 5.91 Å². The summed E-state index contributed by atoms with van der Waals surface area (Å²) in [5, 5.41) is 9.71. The molecule has 3 rings (SSSR count). The zero-order valence-electron chi connectivity index (χ0n) is 13.2. The maximum absolute atomic E-state index is 12.9. The van der Waals surface area contributed by atoms with E-state index in [2.05, 4.69) is 4.98 Å². The Morgan fingerprint density at radius 1 is 1.42 bits per heavy atom. The molecule has 1 atom stereocenters. The van der Waals surface area contributed by atoms with Crippen LogP contribution in [0, 0.1) is 0 Å². The molecule has 0 aliphatic carbocycles. The van der Waals surface area contributed by atoms with E-state index in [9.17, 15) is 9.90 Å². The Kier molecular flexibility index (Phi) is 5.33. The molecule has 0 saturated carbocycles. The lowest BCUT2D eigenvalue weighted by atomic mass is 10.1. The molecule has 2 aromatic rings. The van der Waals surface area contributed by atoms with E-state index in [0.717, 1.165) is 25.0 Å². The van der Waals surface area contributed by atoms with E-state index in [1.807, 2.05) is 12.1 Å². The van der Waals surface area contributed by atoms with E-state index in [1.54, 1.807) is 23.4 Å². The lowest BCUT2D eigenvalue weighted by Gasteiger charge is -2.25. The Labute approximate surface area is 145 Å². The number of hydrogen-bond acceptors (Lipinski definition) is 4. The van der Waals surface area contributed by atoms with Crippen LogP contribution >= 0.6 is 11.6 Å². The standard InChI is InChI=1S/C18H19ClN2O3/c19-16-9-14(5-6-17(16)22)18(23)21(12-15-4-2-8-24-15)11-13-3-1-7-20-10-13/h1,3,5-7,9-10,15,22H,2,4,8,11-12H2. The number of halogens is 1. The largest absolute Gasteiger partial charge is 0.506 e. The van der Waals surface area contributed by atoms with Gasteiger partial charge in [-0.1, -0.05) is 17.7 Å². The molecule has 1 amide bonds. The lowest BCUT2D eigenvalue weighted by molar-refractivity contribution is 0.0507. The Bertz CT molecular complexity index is 703. The SMILES string of the molecule is O=C(c1ccc(O)c(Cl)c1)N(Cc1cccnc1)CC1CCCO1. The van der Waals surface area contributed by atoms with Crippen molar-refractivity contribution in [2.75, 3.05) is 13.2 Å². The molecule has 1 aliphatic heterocycles. The molecule has 1 unspecified atom stereocenters. The van der Waals surface area contributed by atoms with Gasteiger partial charge < -0.3 is 14.7 Å². The van der Waals surface area contributed by atoms with Crippen LogP contribution in [0.15, 0.2) is 42.7 Å². The van der Waals surface area contributed by atoms with Crippen molar-refractivity contribution in [3.8, 4) is 5.75 Å².